The number of carbonyl (C=O) groups is 6. The predicted molar refractivity (Wildman–Crippen MR) is 194 cm³/mol. The summed E-state index contributed by atoms with van der Waals surface area (Å²) in [5, 5.41) is 8.88. The predicted octanol–water partition coefficient (Wildman–Crippen LogP) is 6.44. The summed E-state index contributed by atoms with van der Waals surface area (Å²) in [7, 11) is 0. The Morgan fingerprint density at radius 3 is 2.12 bits per heavy atom. The average molecular weight is 728 g/mol. The van der Waals surface area contributed by atoms with Gasteiger partial charge in [0.05, 0.1) is 12.6 Å². The number of carbonyl (C=O) groups excluding carboxylic acids is 6. The lowest BCUT2D eigenvalue weighted by molar-refractivity contribution is -0.137. The highest BCUT2D eigenvalue weighted by molar-refractivity contribution is 6.06. The zero-order chi connectivity index (χ0) is 38.6. The molecule has 1 saturated carbocycles. The lowest BCUT2D eigenvalue weighted by atomic mass is 9.78. The van der Waals surface area contributed by atoms with E-state index in [0.717, 1.165) is 16.2 Å². The Morgan fingerprint density at radius 1 is 0.865 bits per heavy atom. The number of fused-ring (bicyclic) bond motifs is 1. The van der Waals surface area contributed by atoms with E-state index in [1.54, 1.807) is 52.5 Å². The van der Waals surface area contributed by atoms with Gasteiger partial charge in [-0.3, -0.25) is 19.7 Å². The largest absolute Gasteiger partial charge is 0.449 e. The lowest BCUT2D eigenvalue weighted by Gasteiger charge is -2.41. The van der Waals surface area contributed by atoms with Crippen molar-refractivity contribution in [2.75, 3.05) is 18.5 Å². The van der Waals surface area contributed by atoms with E-state index >= 15 is 0 Å². The summed E-state index contributed by atoms with van der Waals surface area (Å²) >= 11 is 0. The first-order chi connectivity index (χ1) is 24.2. The van der Waals surface area contributed by atoms with Gasteiger partial charge in [-0.2, -0.15) is 0 Å². The van der Waals surface area contributed by atoms with E-state index in [4.69, 9.17) is 14.2 Å². The second-order valence-electron chi connectivity index (χ2n) is 16.9. The molecule has 2 fully saturated rings. The van der Waals surface area contributed by atoms with Crippen LogP contribution in [-0.2, 0) is 23.8 Å². The normalized spacial score (nSPS) is 22.2. The highest BCUT2D eigenvalue weighted by Crippen LogP contribution is 2.48. The van der Waals surface area contributed by atoms with Crippen LogP contribution < -0.4 is 16.0 Å². The molecule has 1 aromatic carbocycles. The Morgan fingerprint density at radius 2 is 1.52 bits per heavy atom. The zero-order valence-electron chi connectivity index (χ0n) is 32.2. The van der Waals surface area contributed by atoms with Crippen LogP contribution in [0.1, 0.15) is 136 Å². The van der Waals surface area contributed by atoms with Gasteiger partial charge in [-0.25, -0.2) is 19.3 Å². The molecule has 2 atom stereocenters. The smallest absolute Gasteiger partial charge is 0.420 e. The molecule has 0 unspecified atom stereocenters. The minimum atomic E-state index is -0.849. The van der Waals surface area contributed by atoms with Crippen molar-refractivity contribution >= 4 is 41.7 Å². The summed E-state index contributed by atoms with van der Waals surface area (Å²) in [4.78, 5) is 80.1. The van der Waals surface area contributed by atoms with Gasteiger partial charge in [0.25, 0.3) is 5.91 Å². The van der Waals surface area contributed by atoms with Gasteiger partial charge in [-0.1, -0.05) is 6.07 Å². The molecule has 288 valence electrons. The number of nitrogens with zero attached hydrogens (tertiary/aromatic N) is 2. The minimum Gasteiger partial charge on any atom is -0.449 e. The highest BCUT2D eigenvalue weighted by Gasteiger charge is 2.49. The molecule has 52 heavy (non-hydrogen) atoms. The van der Waals surface area contributed by atoms with E-state index in [2.05, 4.69) is 16.0 Å². The van der Waals surface area contributed by atoms with E-state index in [1.165, 1.54) is 0 Å². The molecule has 14 nitrogen and oxygen atoms in total. The number of nitrogens with one attached hydrogen (secondary N) is 3. The minimum absolute atomic E-state index is 0.00501. The molecule has 14 heteroatoms. The first-order valence-corrected chi connectivity index (χ1v) is 18.4. The molecule has 0 aromatic heterocycles. The molecule has 1 saturated heterocycles. The first-order valence-electron chi connectivity index (χ1n) is 18.4. The molecular formula is C38H57N5O9. The molecule has 1 aromatic rings. The maximum absolute atomic E-state index is 14.1. The fraction of sp³-hybridized carbons (Fsp3) is 0.684. The lowest BCUT2D eigenvalue weighted by Crippen LogP contribution is -2.54. The van der Waals surface area contributed by atoms with Crippen LogP contribution in [-0.4, -0.2) is 87.8 Å². The molecule has 0 bridgehead atoms. The second-order valence-corrected chi connectivity index (χ2v) is 16.9. The van der Waals surface area contributed by atoms with Crippen LogP contribution >= 0.6 is 0 Å². The number of hydrogen-bond donors (Lipinski definition) is 3. The van der Waals surface area contributed by atoms with Crippen LogP contribution in [0.2, 0.25) is 0 Å². The van der Waals surface area contributed by atoms with Crippen LogP contribution in [0.25, 0.3) is 0 Å². The molecule has 3 aliphatic rings. The number of alkyl carbamates (subject to hydrolysis) is 1. The summed E-state index contributed by atoms with van der Waals surface area (Å²) in [5.41, 5.74) is -0.109. The number of ether oxygens (including phenoxy) is 3. The fourth-order valence-corrected chi connectivity index (χ4v) is 7.03. The molecule has 6 amide bonds. The Kier molecular flexibility index (Phi) is 12.5. The number of hydrogen-bond acceptors (Lipinski definition) is 10. The van der Waals surface area contributed by atoms with Crippen molar-refractivity contribution in [1.82, 2.24) is 20.4 Å². The van der Waals surface area contributed by atoms with E-state index in [-0.39, 0.29) is 43.2 Å². The van der Waals surface area contributed by atoms with Crippen molar-refractivity contribution in [1.29, 1.82) is 0 Å². The maximum atomic E-state index is 14.1. The molecule has 0 spiro atoms. The third kappa shape index (κ3) is 10.4. The molecule has 3 N–H and O–H groups in total. The number of anilines is 1. The van der Waals surface area contributed by atoms with Crippen LogP contribution in [0.4, 0.5) is 20.1 Å². The van der Waals surface area contributed by atoms with Crippen molar-refractivity contribution in [2.45, 2.75) is 149 Å². The number of amides is 6. The summed E-state index contributed by atoms with van der Waals surface area (Å²) in [6, 6.07) is 4.25. The van der Waals surface area contributed by atoms with E-state index in [1.807, 2.05) is 32.9 Å². The van der Waals surface area contributed by atoms with Crippen LogP contribution in [0.3, 0.4) is 0 Å². The van der Waals surface area contributed by atoms with E-state index < -0.39 is 53.0 Å². The van der Waals surface area contributed by atoms with E-state index in [0.29, 0.717) is 50.6 Å². The maximum Gasteiger partial charge on any atom is 0.420 e. The van der Waals surface area contributed by atoms with Crippen LogP contribution in [0.5, 0.6) is 0 Å². The Balaban J connectivity index is 1.44. The molecule has 4 rings (SSSR count). The topological polar surface area (TPSA) is 173 Å². The summed E-state index contributed by atoms with van der Waals surface area (Å²) in [6.45, 7) is 16.4. The standard InChI is InChI=1S/C38H57N5O9/c1-36(2,3)43(35(49)52-38(7,8)9)34(48)50-22-11-10-21-39-26-14-12-13-25-29(26)30(42(32(25)46)27-19-20-28(44)41-31(27)45)23-15-17-24(18-16-23)40-33(47)51-37(4,5)6/h12-14,23-24,27,30,39H,10-11,15-22H2,1-9H3,(H,40,47)(H,41,44,45)/t23?,24?,27-,30-/m1/s1. The molecular weight excluding hydrogens is 670 g/mol. The van der Waals surface area contributed by atoms with Crippen molar-refractivity contribution in [2.24, 2.45) is 5.92 Å². The third-order valence-corrected chi connectivity index (χ3v) is 9.19. The van der Waals surface area contributed by atoms with Gasteiger partial charge in [0, 0.05) is 41.4 Å². The summed E-state index contributed by atoms with van der Waals surface area (Å²) in [5.74, 6) is -1.05. The van der Waals surface area contributed by atoms with Crippen molar-refractivity contribution in [3.63, 3.8) is 0 Å². The zero-order valence-corrected chi connectivity index (χ0v) is 32.2. The second kappa shape index (κ2) is 16.1. The van der Waals surface area contributed by atoms with Gasteiger partial charge >= 0.3 is 18.3 Å². The number of rotatable bonds is 9. The monoisotopic (exact) mass is 727 g/mol. The molecule has 2 aliphatic heterocycles. The van der Waals surface area contributed by atoms with Crippen molar-refractivity contribution < 1.29 is 43.0 Å². The van der Waals surface area contributed by atoms with Gasteiger partial charge < -0.3 is 29.7 Å². The molecule has 0 radical (unpaired) electrons. The van der Waals surface area contributed by atoms with Crippen LogP contribution in [0, 0.1) is 5.92 Å². The van der Waals surface area contributed by atoms with Crippen molar-refractivity contribution in [3.8, 4) is 0 Å². The van der Waals surface area contributed by atoms with Gasteiger partial charge in [0.1, 0.15) is 17.2 Å². The van der Waals surface area contributed by atoms with E-state index in [9.17, 15) is 28.8 Å². The fourth-order valence-electron chi connectivity index (χ4n) is 7.03. The number of benzene rings is 1. The molecule has 2 heterocycles. The first kappa shape index (κ1) is 40.4. The summed E-state index contributed by atoms with van der Waals surface area (Å²) < 4.78 is 16.3. The number of piperidine rings is 1. The summed E-state index contributed by atoms with van der Waals surface area (Å²) in [6.07, 6.45) is 2.30. The highest BCUT2D eigenvalue weighted by atomic mass is 16.6. The number of imide groups is 2. The van der Waals surface area contributed by atoms with Gasteiger partial charge in [-0.15, -0.1) is 0 Å². The Hall–Kier alpha value is -4.36. The quantitative estimate of drug-likeness (QED) is 0.146. The number of unbranched alkanes of at least 4 members (excludes halogenated alkanes) is 1. The Labute approximate surface area is 307 Å². The molecule has 1 aliphatic carbocycles. The van der Waals surface area contributed by atoms with Gasteiger partial charge in [-0.05, 0) is 125 Å². The van der Waals surface area contributed by atoms with Gasteiger partial charge in [0.15, 0.2) is 0 Å². The van der Waals surface area contributed by atoms with Crippen molar-refractivity contribution in [3.05, 3.63) is 29.3 Å². The third-order valence-electron chi connectivity index (χ3n) is 9.19. The van der Waals surface area contributed by atoms with Crippen LogP contribution in [0.15, 0.2) is 18.2 Å². The SMILES string of the molecule is CC(C)(C)OC(=O)NC1CCC([C@@H]2c3c(NCCCCOC(=O)N(C(=O)OC(C)(C)C)C(C)(C)C)cccc3C(=O)N2[C@@H]2CCC(=O)NC2=O)CC1. The van der Waals surface area contributed by atoms with Gasteiger partial charge in [0.2, 0.25) is 11.8 Å². The Bertz CT molecular complexity index is 1520. The average Bonchev–Trinajstić information content (AvgIpc) is 3.29.